The lowest BCUT2D eigenvalue weighted by molar-refractivity contribution is -0.945. The molecule has 1 unspecified atom stereocenters. The molecule has 0 amide bonds. The molecule has 1 aromatic rings. The predicted molar refractivity (Wildman–Crippen MR) is 96.5 cm³/mol. The van der Waals surface area contributed by atoms with Gasteiger partial charge in [-0.3, -0.25) is 4.48 Å². The maximum absolute atomic E-state index is 5.79. The summed E-state index contributed by atoms with van der Waals surface area (Å²) in [4.78, 5) is 0. The van der Waals surface area contributed by atoms with Gasteiger partial charge in [0.2, 0.25) is 4.05 Å². The minimum atomic E-state index is 0.220. The molecule has 1 rings (SSSR count). The van der Waals surface area contributed by atoms with Crippen molar-refractivity contribution in [1.29, 1.82) is 0 Å². The standard InChI is InChI=1S/C18H27IN/c1-6-18(19)20(12-15(2)3,13-16(4)5)14-17-10-8-7-9-11-17/h1,7-11,15-16,18H,12-14H2,2-5H3/q+1. The number of nitrogens with zero attached hydrogens (tertiary/aromatic N) is 1. The third-order valence-electron chi connectivity index (χ3n) is 3.42. The van der Waals surface area contributed by atoms with Gasteiger partial charge in [-0.25, -0.2) is 0 Å². The Kier molecular flexibility index (Phi) is 7.05. The summed E-state index contributed by atoms with van der Waals surface area (Å²) in [5, 5.41) is 0. The SMILES string of the molecule is C#CC(I)[N+](Cc1ccccc1)(CC(C)C)CC(C)C. The van der Waals surface area contributed by atoms with Crippen LogP contribution in [-0.2, 0) is 6.54 Å². The fourth-order valence-electron chi connectivity index (χ4n) is 3.03. The molecule has 110 valence electrons. The first-order valence-corrected chi connectivity index (χ1v) is 8.64. The second kappa shape index (κ2) is 8.05. The molecule has 1 atom stereocenters. The van der Waals surface area contributed by atoms with Crippen LogP contribution in [0.4, 0.5) is 0 Å². The molecule has 0 heterocycles. The summed E-state index contributed by atoms with van der Waals surface area (Å²) in [6.07, 6.45) is 5.79. The Morgan fingerprint density at radius 1 is 1.05 bits per heavy atom. The quantitative estimate of drug-likeness (QED) is 0.210. The van der Waals surface area contributed by atoms with Crippen molar-refractivity contribution in [2.75, 3.05) is 13.1 Å². The number of hydrogen-bond acceptors (Lipinski definition) is 0. The highest BCUT2D eigenvalue weighted by Gasteiger charge is 2.35. The molecule has 1 aromatic carbocycles. The Balaban J connectivity index is 3.11. The molecule has 0 saturated carbocycles. The van der Waals surface area contributed by atoms with Crippen LogP contribution in [0.2, 0.25) is 0 Å². The molecule has 0 fully saturated rings. The summed E-state index contributed by atoms with van der Waals surface area (Å²) in [6.45, 7) is 12.4. The van der Waals surface area contributed by atoms with Gasteiger partial charge < -0.3 is 0 Å². The highest BCUT2D eigenvalue weighted by molar-refractivity contribution is 14.1. The molecule has 0 aliphatic carbocycles. The number of hydrogen-bond donors (Lipinski definition) is 0. The highest BCUT2D eigenvalue weighted by Crippen LogP contribution is 2.27. The summed E-state index contributed by atoms with van der Waals surface area (Å²) in [6, 6.07) is 10.7. The molecule has 0 spiro atoms. The van der Waals surface area contributed by atoms with Gasteiger partial charge in [-0.1, -0.05) is 58.0 Å². The van der Waals surface area contributed by atoms with E-state index < -0.39 is 0 Å². The Labute approximate surface area is 138 Å². The van der Waals surface area contributed by atoms with E-state index in [0.717, 1.165) is 24.1 Å². The lowest BCUT2D eigenvalue weighted by Crippen LogP contribution is -2.55. The second-order valence-electron chi connectivity index (χ2n) is 6.52. The van der Waals surface area contributed by atoms with Crippen molar-refractivity contribution < 1.29 is 4.48 Å². The van der Waals surface area contributed by atoms with E-state index in [-0.39, 0.29) is 4.05 Å². The zero-order valence-electron chi connectivity index (χ0n) is 13.1. The maximum Gasteiger partial charge on any atom is 0.200 e. The van der Waals surface area contributed by atoms with E-state index in [1.807, 2.05) is 0 Å². The summed E-state index contributed by atoms with van der Waals surface area (Å²) >= 11 is 2.45. The van der Waals surface area contributed by atoms with Crippen molar-refractivity contribution in [2.45, 2.75) is 38.3 Å². The number of terminal acetylenes is 1. The zero-order chi connectivity index (χ0) is 15.2. The summed E-state index contributed by atoms with van der Waals surface area (Å²) in [7, 11) is 0. The fraction of sp³-hybridized carbons (Fsp3) is 0.556. The average Bonchev–Trinajstić information content (AvgIpc) is 2.37. The van der Waals surface area contributed by atoms with E-state index >= 15 is 0 Å². The molecule has 2 heteroatoms. The maximum atomic E-state index is 5.79. The van der Waals surface area contributed by atoms with Crippen molar-refractivity contribution in [1.82, 2.24) is 0 Å². The van der Waals surface area contributed by atoms with E-state index in [4.69, 9.17) is 6.42 Å². The van der Waals surface area contributed by atoms with Crippen LogP contribution in [0.1, 0.15) is 33.3 Å². The molecular weight excluding hydrogens is 357 g/mol. The molecule has 0 aliphatic heterocycles. The van der Waals surface area contributed by atoms with E-state index in [9.17, 15) is 0 Å². The first-order chi connectivity index (χ1) is 9.39. The van der Waals surface area contributed by atoms with E-state index in [0.29, 0.717) is 11.8 Å². The molecule has 0 N–H and O–H groups in total. The summed E-state index contributed by atoms with van der Waals surface area (Å²) < 4.78 is 1.20. The Morgan fingerprint density at radius 2 is 1.55 bits per heavy atom. The molecule has 0 bridgehead atoms. The number of halogens is 1. The lowest BCUT2D eigenvalue weighted by atomic mass is 10.1. The smallest absolute Gasteiger partial charge is 0.200 e. The van der Waals surface area contributed by atoms with Gasteiger partial charge in [0.1, 0.15) is 6.54 Å². The molecule has 20 heavy (non-hydrogen) atoms. The minimum Gasteiger partial charge on any atom is -0.299 e. The molecule has 0 aromatic heterocycles. The molecule has 0 aliphatic rings. The monoisotopic (exact) mass is 384 g/mol. The first kappa shape index (κ1) is 17.5. The fourth-order valence-corrected chi connectivity index (χ4v) is 3.68. The van der Waals surface area contributed by atoms with Gasteiger partial charge in [-0.15, -0.1) is 6.42 Å². The van der Waals surface area contributed by atoms with Crippen molar-refractivity contribution in [3.63, 3.8) is 0 Å². The van der Waals surface area contributed by atoms with E-state index in [2.05, 4.69) is 86.5 Å². The van der Waals surface area contributed by atoms with E-state index in [1.165, 1.54) is 5.56 Å². The Morgan fingerprint density at radius 3 is 1.95 bits per heavy atom. The predicted octanol–water partition coefficient (Wildman–Crippen LogP) is 4.71. The first-order valence-electron chi connectivity index (χ1n) is 7.39. The van der Waals surface area contributed by atoms with Crippen molar-refractivity contribution in [3.8, 4) is 12.3 Å². The molecular formula is C18H27IN+. The normalized spacial score (nSPS) is 13.5. The lowest BCUT2D eigenvalue weighted by Gasteiger charge is -2.43. The van der Waals surface area contributed by atoms with Crippen molar-refractivity contribution in [2.24, 2.45) is 11.8 Å². The van der Waals surface area contributed by atoms with Gasteiger partial charge in [-0.2, -0.15) is 0 Å². The van der Waals surface area contributed by atoms with Crippen LogP contribution in [0.5, 0.6) is 0 Å². The minimum absolute atomic E-state index is 0.220. The van der Waals surface area contributed by atoms with Gasteiger partial charge in [0.05, 0.1) is 13.1 Å². The van der Waals surface area contributed by atoms with Crippen LogP contribution in [0.15, 0.2) is 30.3 Å². The summed E-state index contributed by atoms with van der Waals surface area (Å²) in [5.74, 6) is 4.28. The van der Waals surface area contributed by atoms with Crippen LogP contribution in [-0.4, -0.2) is 21.6 Å². The van der Waals surface area contributed by atoms with Gasteiger partial charge in [-0.05, 0) is 5.92 Å². The molecule has 0 radical (unpaired) electrons. The van der Waals surface area contributed by atoms with E-state index in [1.54, 1.807) is 0 Å². The largest absolute Gasteiger partial charge is 0.299 e. The Hall–Kier alpha value is -0.530. The highest BCUT2D eigenvalue weighted by atomic mass is 127. The average molecular weight is 384 g/mol. The van der Waals surface area contributed by atoms with Gasteiger partial charge in [0, 0.05) is 40.0 Å². The number of quaternary nitrogens is 1. The number of alkyl halides is 1. The van der Waals surface area contributed by atoms with Gasteiger partial charge >= 0.3 is 0 Å². The van der Waals surface area contributed by atoms with Gasteiger partial charge in [0.15, 0.2) is 0 Å². The third kappa shape index (κ3) is 5.10. The summed E-state index contributed by atoms with van der Waals surface area (Å²) in [5.41, 5.74) is 1.38. The van der Waals surface area contributed by atoms with Crippen LogP contribution in [0, 0.1) is 24.2 Å². The van der Waals surface area contributed by atoms with Crippen molar-refractivity contribution in [3.05, 3.63) is 35.9 Å². The Bertz CT molecular complexity index is 420. The molecule has 0 saturated heterocycles. The number of rotatable bonds is 7. The van der Waals surface area contributed by atoms with Crippen LogP contribution < -0.4 is 0 Å². The zero-order valence-corrected chi connectivity index (χ0v) is 15.3. The third-order valence-corrected chi connectivity index (χ3v) is 4.96. The second-order valence-corrected chi connectivity index (χ2v) is 7.70. The topological polar surface area (TPSA) is 0 Å². The number of benzene rings is 1. The van der Waals surface area contributed by atoms with Crippen LogP contribution in [0.3, 0.4) is 0 Å². The molecule has 1 nitrogen and oxygen atoms in total. The van der Waals surface area contributed by atoms with Crippen molar-refractivity contribution >= 4 is 22.6 Å². The van der Waals surface area contributed by atoms with Crippen LogP contribution in [0.25, 0.3) is 0 Å². The van der Waals surface area contributed by atoms with Gasteiger partial charge in [0.25, 0.3) is 0 Å². The van der Waals surface area contributed by atoms with Crippen LogP contribution >= 0.6 is 22.6 Å².